The molecule has 0 aromatic heterocycles. The number of rotatable bonds is 14. The predicted molar refractivity (Wildman–Crippen MR) is 139 cm³/mol. The molecule has 198 valence electrons. The minimum Gasteiger partial charge on any atom is -0.371 e. The van der Waals surface area contributed by atoms with Crippen molar-refractivity contribution in [2.24, 2.45) is 11.8 Å². The van der Waals surface area contributed by atoms with Crippen LogP contribution in [0.5, 0.6) is 0 Å². The SMILES string of the molecule is C(=C\C1CCC(OCOCC2CO2)CC1)/c1ccc(/C=C/C2CCC(OCOCC3CO3)CC2)cc1. The van der Waals surface area contributed by atoms with E-state index in [2.05, 4.69) is 48.6 Å². The van der Waals surface area contributed by atoms with Gasteiger partial charge in [-0.05, 0) is 74.3 Å². The zero-order valence-electron chi connectivity index (χ0n) is 21.4. The Morgan fingerprint density at radius 3 is 1.36 bits per heavy atom. The van der Waals surface area contributed by atoms with E-state index in [4.69, 9.17) is 28.4 Å². The van der Waals surface area contributed by atoms with E-state index in [0.29, 0.717) is 63.1 Å². The lowest BCUT2D eigenvalue weighted by Gasteiger charge is -2.26. The molecular formula is C30H42O6. The van der Waals surface area contributed by atoms with Crippen molar-refractivity contribution in [2.45, 2.75) is 75.8 Å². The van der Waals surface area contributed by atoms with Crippen molar-refractivity contribution >= 4 is 12.2 Å². The van der Waals surface area contributed by atoms with Gasteiger partial charge in [-0.3, -0.25) is 0 Å². The second-order valence-corrected chi connectivity index (χ2v) is 10.7. The highest BCUT2D eigenvalue weighted by Crippen LogP contribution is 2.29. The van der Waals surface area contributed by atoms with Crippen LogP contribution < -0.4 is 0 Å². The second-order valence-electron chi connectivity index (χ2n) is 10.7. The van der Waals surface area contributed by atoms with Crippen LogP contribution in [0.3, 0.4) is 0 Å². The minimum absolute atomic E-state index is 0.309. The van der Waals surface area contributed by atoms with Crippen molar-refractivity contribution in [1.82, 2.24) is 0 Å². The van der Waals surface area contributed by atoms with Crippen LogP contribution in [0.2, 0.25) is 0 Å². The molecule has 0 N–H and O–H groups in total. The number of epoxide rings is 2. The smallest absolute Gasteiger partial charge is 0.147 e. The van der Waals surface area contributed by atoms with Crippen molar-refractivity contribution in [3.8, 4) is 0 Å². The first-order valence-electron chi connectivity index (χ1n) is 13.9. The monoisotopic (exact) mass is 498 g/mol. The highest BCUT2D eigenvalue weighted by atomic mass is 16.7. The van der Waals surface area contributed by atoms with Gasteiger partial charge in [0.15, 0.2) is 0 Å². The topological polar surface area (TPSA) is 62.0 Å². The molecule has 2 aliphatic heterocycles. The van der Waals surface area contributed by atoms with Crippen LogP contribution in [0.1, 0.15) is 62.5 Å². The van der Waals surface area contributed by atoms with Gasteiger partial charge in [-0.1, -0.05) is 48.6 Å². The number of hydrogen-bond acceptors (Lipinski definition) is 6. The molecule has 0 amide bonds. The van der Waals surface area contributed by atoms with Gasteiger partial charge in [0, 0.05) is 0 Å². The summed E-state index contributed by atoms with van der Waals surface area (Å²) in [5, 5.41) is 0. The quantitative estimate of drug-likeness (QED) is 0.189. The third kappa shape index (κ3) is 9.40. The van der Waals surface area contributed by atoms with Gasteiger partial charge in [0.05, 0.1) is 38.6 Å². The Labute approximate surface area is 215 Å². The normalized spacial score (nSPS) is 32.3. The zero-order chi connectivity index (χ0) is 24.4. The summed E-state index contributed by atoms with van der Waals surface area (Å²) in [5.41, 5.74) is 2.55. The fourth-order valence-corrected chi connectivity index (χ4v) is 5.08. The first-order chi connectivity index (χ1) is 17.8. The summed E-state index contributed by atoms with van der Waals surface area (Å²) in [6.45, 7) is 3.79. The molecule has 36 heavy (non-hydrogen) atoms. The number of hydrogen-bond donors (Lipinski definition) is 0. The predicted octanol–water partition coefficient (Wildman–Crippen LogP) is 5.61. The van der Waals surface area contributed by atoms with E-state index in [1.807, 2.05) is 0 Å². The van der Waals surface area contributed by atoms with E-state index in [9.17, 15) is 0 Å². The summed E-state index contributed by atoms with van der Waals surface area (Å²) in [7, 11) is 0. The van der Waals surface area contributed by atoms with Crippen molar-refractivity contribution < 1.29 is 28.4 Å². The van der Waals surface area contributed by atoms with Crippen LogP contribution in [0, 0.1) is 11.8 Å². The summed E-state index contributed by atoms with van der Waals surface area (Å²) in [4.78, 5) is 0. The van der Waals surface area contributed by atoms with Gasteiger partial charge >= 0.3 is 0 Å². The molecule has 0 radical (unpaired) electrons. The Morgan fingerprint density at radius 2 is 1.00 bits per heavy atom. The maximum Gasteiger partial charge on any atom is 0.147 e. The third-order valence-corrected chi connectivity index (χ3v) is 7.68. The second kappa shape index (κ2) is 13.8. The Kier molecular flexibility index (Phi) is 10.0. The van der Waals surface area contributed by atoms with Crippen molar-refractivity contribution in [2.75, 3.05) is 40.0 Å². The Bertz CT molecular complexity index is 743. The molecule has 2 unspecified atom stereocenters. The van der Waals surface area contributed by atoms with E-state index in [1.54, 1.807) is 0 Å². The molecule has 1 aromatic rings. The summed E-state index contributed by atoms with van der Waals surface area (Å²) in [6.07, 6.45) is 19.8. The van der Waals surface area contributed by atoms with Gasteiger partial charge in [-0.15, -0.1) is 0 Å². The van der Waals surface area contributed by atoms with E-state index in [1.165, 1.54) is 36.8 Å². The number of allylic oxidation sites excluding steroid dienone is 2. The molecule has 5 rings (SSSR count). The molecule has 4 fully saturated rings. The average Bonchev–Trinajstić information content (AvgIpc) is 3.85. The van der Waals surface area contributed by atoms with Gasteiger partial charge in [0.2, 0.25) is 0 Å². The lowest BCUT2D eigenvalue weighted by molar-refractivity contribution is -0.103. The van der Waals surface area contributed by atoms with Crippen molar-refractivity contribution in [1.29, 1.82) is 0 Å². The summed E-state index contributed by atoms with van der Waals surface area (Å²) < 4.78 is 33.0. The standard InChI is InChI=1S/C30H42O6/c1-2-24(6-8-26-11-15-28(16-12-26)36-22-32-18-30-20-34-30)4-3-23(1)5-7-25-9-13-27(14-10-25)35-21-31-17-29-19-33-29/h1-8,25-30H,9-22H2/b7-5+,8-6+. The molecule has 2 saturated carbocycles. The molecule has 2 aliphatic carbocycles. The number of ether oxygens (including phenoxy) is 6. The van der Waals surface area contributed by atoms with E-state index < -0.39 is 0 Å². The Balaban J connectivity index is 0.945. The van der Waals surface area contributed by atoms with Crippen LogP contribution in [0.4, 0.5) is 0 Å². The van der Waals surface area contributed by atoms with Crippen LogP contribution in [0.15, 0.2) is 36.4 Å². The molecule has 2 atom stereocenters. The van der Waals surface area contributed by atoms with Gasteiger partial charge in [-0.2, -0.15) is 0 Å². The van der Waals surface area contributed by atoms with Crippen LogP contribution in [0.25, 0.3) is 12.2 Å². The fourth-order valence-electron chi connectivity index (χ4n) is 5.08. The molecule has 2 saturated heterocycles. The summed E-state index contributed by atoms with van der Waals surface area (Å²) >= 11 is 0. The molecule has 6 nitrogen and oxygen atoms in total. The van der Waals surface area contributed by atoms with Crippen LogP contribution >= 0.6 is 0 Å². The molecule has 1 aromatic carbocycles. The Hall–Kier alpha value is -1.54. The molecule has 4 aliphatic rings. The lowest BCUT2D eigenvalue weighted by atomic mass is 9.86. The molecule has 6 heteroatoms. The average molecular weight is 499 g/mol. The maximum atomic E-state index is 5.86. The van der Waals surface area contributed by atoms with E-state index in [0.717, 1.165) is 38.9 Å². The molecule has 0 bridgehead atoms. The molecular weight excluding hydrogens is 456 g/mol. The van der Waals surface area contributed by atoms with Gasteiger partial charge in [-0.25, -0.2) is 0 Å². The summed E-state index contributed by atoms with van der Waals surface area (Å²) in [5.74, 6) is 1.28. The highest BCUT2D eigenvalue weighted by Gasteiger charge is 2.24. The number of benzene rings is 1. The van der Waals surface area contributed by atoms with Crippen molar-refractivity contribution in [3.05, 3.63) is 47.5 Å². The van der Waals surface area contributed by atoms with Gasteiger partial charge < -0.3 is 28.4 Å². The largest absolute Gasteiger partial charge is 0.371 e. The van der Waals surface area contributed by atoms with E-state index >= 15 is 0 Å². The zero-order valence-corrected chi connectivity index (χ0v) is 21.4. The van der Waals surface area contributed by atoms with Crippen LogP contribution in [-0.2, 0) is 28.4 Å². The van der Waals surface area contributed by atoms with Gasteiger partial charge in [0.25, 0.3) is 0 Å². The summed E-state index contributed by atoms with van der Waals surface area (Å²) in [6, 6.07) is 8.90. The van der Waals surface area contributed by atoms with Crippen LogP contribution in [-0.4, -0.2) is 64.4 Å². The first-order valence-corrected chi connectivity index (χ1v) is 13.9. The fraction of sp³-hybridized carbons (Fsp3) is 0.667. The van der Waals surface area contributed by atoms with Gasteiger partial charge in [0.1, 0.15) is 25.8 Å². The first kappa shape index (κ1) is 26.1. The Morgan fingerprint density at radius 1 is 0.611 bits per heavy atom. The molecule has 0 spiro atoms. The molecule has 2 heterocycles. The lowest BCUT2D eigenvalue weighted by Crippen LogP contribution is -2.22. The highest BCUT2D eigenvalue weighted by molar-refractivity contribution is 5.56. The third-order valence-electron chi connectivity index (χ3n) is 7.68. The maximum absolute atomic E-state index is 5.86. The minimum atomic E-state index is 0.309. The van der Waals surface area contributed by atoms with Crippen molar-refractivity contribution in [3.63, 3.8) is 0 Å². The van der Waals surface area contributed by atoms with E-state index in [-0.39, 0.29) is 0 Å².